The van der Waals surface area contributed by atoms with Crippen LogP contribution in [0.15, 0.2) is 42.7 Å². The fourth-order valence-corrected chi connectivity index (χ4v) is 2.68. The quantitative estimate of drug-likeness (QED) is 0.533. The van der Waals surface area contributed by atoms with Gasteiger partial charge in [0.15, 0.2) is 12.4 Å². The molecule has 3 rings (SSSR count). The molecule has 0 spiro atoms. The molecular formula is C20H24N6O3. The standard InChI is InChI=1S/C20H24N6O3/c1-14-10-15(2)26(25-14)19-11-18(23-13-24-19)21-8-9-22-20(27)12-29-17-6-4-16(28-3)5-7-17/h4-7,10-11,13H,8-9,12H2,1-3H3,(H,22,27)(H,21,23,24). The van der Waals surface area contributed by atoms with Gasteiger partial charge in [-0.3, -0.25) is 4.79 Å². The highest BCUT2D eigenvalue weighted by Crippen LogP contribution is 2.16. The third-order valence-electron chi connectivity index (χ3n) is 4.06. The average molecular weight is 396 g/mol. The molecule has 3 aromatic rings. The molecule has 152 valence electrons. The SMILES string of the molecule is COc1ccc(OCC(=O)NCCNc2cc(-n3nc(C)cc3C)ncn2)cc1. The van der Waals surface area contributed by atoms with E-state index in [0.717, 1.165) is 17.1 Å². The molecule has 0 saturated carbocycles. The topological polar surface area (TPSA) is 103 Å². The fourth-order valence-electron chi connectivity index (χ4n) is 2.68. The van der Waals surface area contributed by atoms with E-state index in [1.807, 2.05) is 26.0 Å². The van der Waals surface area contributed by atoms with E-state index in [9.17, 15) is 4.79 Å². The van der Waals surface area contributed by atoms with Crippen molar-refractivity contribution >= 4 is 11.7 Å². The normalized spacial score (nSPS) is 10.4. The highest BCUT2D eigenvalue weighted by Gasteiger charge is 2.07. The molecular weight excluding hydrogens is 372 g/mol. The summed E-state index contributed by atoms with van der Waals surface area (Å²) in [6.45, 7) is 4.80. The highest BCUT2D eigenvalue weighted by atomic mass is 16.5. The lowest BCUT2D eigenvalue weighted by Gasteiger charge is -2.10. The van der Waals surface area contributed by atoms with Gasteiger partial charge in [0, 0.05) is 24.8 Å². The van der Waals surface area contributed by atoms with Gasteiger partial charge in [-0.1, -0.05) is 0 Å². The molecule has 9 nitrogen and oxygen atoms in total. The molecule has 0 aliphatic carbocycles. The summed E-state index contributed by atoms with van der Waals surface area (Å²) in [6, 6.07) is 10.9. The Labute approximate surface area is 169 Å². The molecule has 0 unspecified atom stereocenters. The molecule has 0 atom stereocenters. The summed E-state index contributed by atoms with van der Waals surface area (Å²) in [7, 11) is 1.60. The number of nitrogens with zero attached hydrogens (tertiary/aromatic N) is 4. The van der Waals surface area contributed by atoms with Gasteiger partial charge in [0.05, 0.1) is 12.8 Å². The Morgan fingerprint density at radius 2 is 1.83 bits per heavy atom. The Balaban J connectivity index is 1.41. The van der Waals surface area contributed by atoms with Gasteiger partial charge in [0.1, 0.15) is 23.6 Å². The number of rotatable bonds is 9. The summed E-state index contributed by atoms with van der Waals surface area (Å²) in [5, 5.41) is 10.4. The largest absolute Gasteiger partial charge is 0.497 e. The van der Waals surface area contributed by atoms with Crippen molar-refractivity contribution in [2.24, 2.45) is 0 Å². The van der Waals surface area contributed by atoms with Crippen LogP contribution in [-0.2, 0) is 4.79 Å². The Hall–Kier alpha value is -3.62. The highest BCUT2D eigenvalue weighted by molar-refractivity contribution is 5.77. The fraction of sp³-hybridized carbons (Fsp3) is 0.300. The van der Waals surface area contributed by atoms with Gasteiger partial charge in [0.2, 0.25) is 0 Å². The second-order valence-corrected chi connectivity index (χ2v) is 6.34. The van der Waals surface area contributed by atoms with Crippen LogP contribution in [0.3, 0.4) is 0 Å². The maximum Gasteiger partial charge on any atom is 0.258 e. The molecule has 0 saturated heterocycles. The summed E-state index contributed by atoms with van der Waals surface area (Å²) < 4.78 is 12.3. The molecule has 0 fully saturated rings. The van der Waals surface area contributed by atoms with Gasteiger partial charge in [-0.2, -0.15) is 5.10 Å². The number of anilines is 1. The zero-order chi connectivity index (χ0) is 20.6. The van der Waals surface area contributed by atoms with Crippen molar-refractivity contribution in [1.82, 2.24) is 25.1 Å². The first-order valence-corrected chi connectivity index (χ1v) is 9.18. The van der Waals surface area contributed by atoms with Crippen molar-refractivity contribution in [2.45, 2.75) is 13.8 Å². The smallest absolute Gasteiger partial charge is 0.258 e. The molecule has 2 N–H and O–H groups in total. The number of aromatic nitrogens is 4. The van der Waals surface area contributed by atoms with E-state index >= 15 is 0 Å². The van der Waals surface area contributed by atoms with Crippen LogP contribution in [0.4, 0.5) is 5.82 Å². The number of hydrogen-bond donors (Lipinski definition) is 2. The van der Waals surface area contributed by atoms with Crippen LogP contribution >= 0.6 is 0 Å². The van der Waals surface area contributed by atoms with E-state index in [1.165, 1.54) is 6.33 Å². The van der Waals surface area contributed by atoms with Gasteiger partial charge < -0.3 is 20.1 Å². The van der Waals surface area contributed by atoms with Gasteiger partial charge >= 0.3 is 0 Å². The van der Waals surface area contributed by atoms with Crippen LogP contribution < -0.4 is 20.1 Å². The minimum absolute atomic E-state index is 0.0537. The second-order valence-electron chi connectivity index (χ2n) is 6.34. The summed E-state index contributed by atoms with van der Waals surface area (Å²) >= 11 is 0. The number of aryl methyl sites for hydroxylation is 2. The van der Waals surface area contributed by atoms with E-state index < -0.39 is 0 Å². The van der Waals surface area contributed by atoms with Crippen LogP contribution in [0, 0.1) is 13.8 Å². The number of hydrogen-bond acceptors (Lipinski definition) is 7. The maximum atomic E-state index is 11.9. The molecule has 0 bridgehead atoms. The molecule has 9 heteroatoms. The van der Waals surface area contributed by atoms with Crippen molar-refractivity contribution in [3.63, 3.8) is 0 Å². The lowest BCUT2D eigenvalue weighted by atomic mass is 10.3. The molecule has 2 heterocycles. The number of ether oxygens (including phenoxy) is 2. The van der Waals surface area contributed by atoms with Crippen molar-refractivity contribution in [3.8, 4) is 17.3 Å². The van der Waals surface area contributed by atoms with E-state index in [1.54, 1.807) is 36.1 Å². The number of carbonyl (C=O) groups excluding carboxylic acids is 1. The minimum Gasteiger partial charge on any atom is -0.497 e. The zero-order valence-electron chi connectivity index (χ0n) is 16.7. The zero-order valence-corrected chi connectivity index (χ0v) is 16.7. The first-order chi connectivity index (χ1) is 14.0. The number of amides is 1. The number of methoxy groups -OCH3 is 1. The number of benzene rings is 1. The van der Waals surface area contributed by atoms with Crippen LogP contribution in [0.1, 0.15) is 11.4 Å². The molecule has 0 radical (unpaired) electrons. The lowest BCUT2D eigenvalue weighted by molar-refractivity contribution is -0.123. The molecule has 0 aliphatic rings. The average Bonchev–Trinajstić information content (AvgIpc) is 3.08. The van der Waals surface area contributed by atoms with E-state index in [0.29, 0.717) is 30.5 Å². The lowest BCUT2D eigenvalue weighted by Crippen LogP contribution is -2.32. The Kier molecular flexibility index (Phi) is 6.62. The van der Waals surface area contributed by atoms with E-state index in [2.05, 4.69) is 25.7 Å². The minimum atomic E-state index is -0.200. The van der Waals surface area contributed by atoms with Crippen molar-refractivity contribution in [2.75, 3.05) is 32.1 Å². The van der Waals surface area contributed by atoms with E-state index in [-0.39, 0.29) is 12.5 Å². The third-order valence-corrected chi connectivity index (χ3v) is 4.06. The molecule has 29 heavy (non-hydrogen) atoms. The maximum absolute atomic E-state index is 11.9. The first-order valence-electron chi connectivity index (χ1n) is 9.18. The van der Waals surface area contributed by atoms with Crippen LogP contribution in [-0.4, -0.2) is 52.5 Å². The van der Waals surface area contributed by atoms with Crippen molar-refractivity contribution < 1.29 is 14.3 Å². The summed E-state index contributed by atoms with van der Waals surface area (Å²) in [5.74, 6) is 2.49. The number of nitrogens with one attached hydrogen (secondary N) is 2. The van der Waals surface area contributed by atoms with Crippen molar-refractivity contribution in [3.05, 3.63) is 54.1 Å². The molecule has 1 aromatic carbocycles. The Bertz CT molecular complexity index is 955. The summed E-state index contributed by atoms with van der Waals surface area (Å²) in [5.41, 5.74) is 1.92. The monoisotopic (exact) mass is 396 g/mol. The van der Waals surface area contributed by atoms with Crippen molar-refractivity contribution in [1.29, 1.82) is 0 Å². The third kappa shape index (κ3) is 5.68. The van der Waals surface area contributed by atoms with Crippen LogP contribution in [0.5, 0.6) is 11.5 Å². The first kappa shape index (κ1) is 20.1. The van der Waals surface area contributed by atoms with Gasteiger partial charge in [-0.25, -0.2) is 14.6 Å². The summed E-state index contributed by atoms with van der Waals surface area (Å²) in [6.07, 6.45) is 1.48. The van der Waals surface area contributed by atoms with Gasteiger partial charge in [-0.15, -0.1) is 0 Å². The summed E-state index contributed by atoms with van der Waals surface area (Å²) in [4.78, 5) is 20.4. The predicted molar refractivity (Wildman–Crippen MR) is 109 cm³/mol. The Morgan fingerprint density at radius 3 is 2.52 bits per heavy atom. The van der Waals surface area contributed by atoms with Crippen LogP contribution in [0.25, 0.3) is 5.82 Å². The number of carbonyl (C=O) groups is 1. The Morgan fingerprint density at radius 1 is 1.07 bits per heavy atom. The molecule has 1 amide bonds. The van der Waals surface area contributed by atoms with Gasteiger partial charge in [-0.05, 0) is 44.2 Å². The predicted octanol–water partition coefficient (Wildman–Crippen LogP) is 1.89. The second kappa shape index (κ2) is 9.54. The molecule has 2 aromatic heterocycles. The van der Waals surface area contributed by atoms with Crippen LogP contribution in [0.2, 0.25) is 0 Å². The molecule has 0 aliphatic heterocycles. The van der Waals surface area contributed by atoms with Gasteiger partial charge in [0.25, 0.3) is 5.91 Å². The van der Waals surface area contributed by atoms with E-state index in [4.69, 9.17) is 9.47 Å².